The Kier molecular flexibility index (Phi) is 9.23. The van der Waals surface area contributed by atoms with Gasteiger partial charge in [0.15, 0.2) is 0 Å². The van der Waals surface area contributed by atoms with Crippen LogP contribution in [0.5, 0.6) is 0 Å². The maximum atomic E-state index is 3.61. The predicted molar refractivity (Wildman–Crippen MR) is 41.5 cm³/mol. The standard InChI is InChI=1S/C7H13N.H2O/c1-4-6-8(3)7-5-2;/h4-5H,1-2,6-7H2,3H3;1H2. The molecular weight excluding hydrogens is 114 g/mol. The van der Waals surface area contributed by atoms with E-state index in [1.807, 2.05) is 19.2 Å². The average Bonchev–Trinajstić information content (AvgIpc) is 1.68. The van der Waals surface area contributed by atoms with Crippen molar-refractivity contribution in [1.29, 1.82) is 0 Å². The van der Waals surface area contributed by atoms with Crippen molar-refractivity contribution in [2.45, 2.75) is 0 Å². The van der Waals surface area contributed by atoms with Crippen molar-refractivity contribution in [2.24, 2.45) is 0 Å². The van der Waals surface area contributed by atoms with E-state index in [1.54, 1.807) is 0 Å². The van der Waals surface area contributed by atoms with Crippen LogP contribution in [0, 0.1) is 0 Å². The van der Waals surface area contributed by atoms with Gasteiger partial charge in [0, 0.05) is 13.1 Å². The molecule has 9 heavy (non-hydrogen) atoms. The summed E-state index contributed by atoms with van der Waals surface area (Å²) in [6.07, 6.45) is 3.76. The molecule has 0 saturated carbocycles. The first kappa shape index (κ1) is 11.2. The van der Waals surface area contributed by atoms with E-state index in [0.717, 1.165) is 13.1 Å². The van der Waals surface area contributed by atoms with Crippen LogP contribution in [0.1, 0.15) is 0 Å². The largest absolute Gasteiger partial charge is 0.412 e. The normalized spacial score (nSPS) is 8.22. The summed E-state index contributed by atoms with van der Waals surface area (Å²) in [5.41, 5.74) is 0. The van der Waals surface area contributed by atoms with Gasteiger partial charge in [-0.15, -0.1) is 13.2 Å². The van der Waals surface area contributed by atoms with Gasteiger partial charge in [-0.3, -0.25) is 4.90 Å². The van der Waals surface area contributed by atoms with E-state index in [2.05, 4.69) is 18.1 Å². The summed E-state index contributed by atoms with van der Waals surface area (Å²) in [5, 5.41) is 0. The second-order valence-electron chi connectivity index (χ2n) is 1.80. The van der Waals surface area contributed by atoms with Gasteiger partial charge in [-0.2, -0.15) is 0 Å². The number of hydrogen-bond acceptors (Lipinski definition) is 1. The number of hydrogen-bond donors (Lipinski definition) is 0. The van der Waals surface area contributed by atoms with Gasteiger partial charge in [0.1, 0.15) is 0 Å². The van der Waals surface area contributed by atoms with Crippen LogP contribution < -0.4 is 0 Å². The van der Waals surface area contributed by atoms with E-state index in [4.69, 9.17) is 0 Å². The summed E-state index contributed by atoms with van der Waals surface area (Å²) in [6, 6.07) is 0. The molecule has 0 amide bonds. The van der Waals surface area contributed by atoms with Gasteiger partial charge in [-0.05, 0) is 7.05 Å². The zero-order chi connectivity index (χ0) is 6.41. The topological polar surface area (TPSA) is 34.7 Å². The first-order valence-electron chi connectivity index (χ1n) is 2.71. The maximum Gasteiger partial charge on any atom is 0.0160 e. The molecule has 0 atom stereocenters. The van der Waals surface area contributed by atoms with Crippen LogP contribution in [0.4, 0.5) is 0 Å². The molecule has 0 spiro atoms. The fourth-order valence-corrected chi connectivity index (χ4v) is 0.515. The fraction of sp³-hybridized carbons (Fsp3) is 0.429. The molecule has 0 radical (unpaired) electrons. The molecule has 0 aromatic heterocycles. The summed E-state index contributed by atoms with van der Waals surface area (Å²) in [4.78, 5) is 2.12. The molecule has 0 aliphatic heterocycles. The van der Waals surface area contributed by atoms with Crippen LogP contribution in [-0.4, -0.2) is 30.5 Å². The quantitative estimate of drug-likeness (QED) is 0.508. The second kappa shape index (κ2) is 7.40. The molecule has 2 heteroatoms. The molecule has 0 bridgehead atoms. The molecule has 0 rings (SSSR count). The van der Waals surface area contributed by atoms with Gasteiger partial charge < -0.3 is 5.48 Å². The monoisotopic (exact) mass is 129 g/mol. The zero-order valence-electron chi connectivity index (χ0n) is 5.93. The van der Waals surface area contributed by atoms with Crippen molar-refractivity contribution in [2.75, 3.05) is 20.1 Å². The third-order valence-electron chi connectivity index (χ3n) is 0.882. The van der Waals surface area contributed by atoms with Crippen LogP contribution in [0.2, 0.25) is 0 Å². The van der Waals surface area contributed by atoms with Crippen LogP contribution in [-0.2, 0) is 0 Å². The number of rotatable bonds is 4. The molecule has 0 heterocycles. The van der Waals surface area contributed by atoms with Gasteiger partial charge in [0.05, 0.1) is 0 Å². The minimum Gasteiger partial charge on any atom is -0.412 e. The van der Waals surface area contributed by atoms with Crippen molar-refractivity contribution < 1.29 is 5.48 Å². The number of nitrogens with zero attached hydrogens (tertiary/aromatic N) is 1. The van der Waals surface area contributed by atoms with Crippen LogP contribution in [0.25, 0.3) is 0 Å². The fourth-order valence-electron chi connectivity index (χ4n) is 0.515. The summed E-state index contributed by atoms with van der Waals surface area (Å²) < 4.78 is 0. The molecule has 54 valence electrons. The molecule has 2 N–H and O–H groups in total. The van der Waals surface area contributed by atoms with Crippen molar-refractivity contribution in [3.8, 4) is 0 Å². The van der Waals surface area contributed by atoms with Gasteiger partial charge in [-0.1, -0.05) is 12.2 Å². The Hall–Kier alpha value is -0.600. The first-order chi connectivity index (χ1) is 3.81. The van der Waals surface area contributed by atoms with Crippen molar-refractivity contribution in [3.63, 3.8) is 0 Å². The van der Waals surface area contributed by atoms with E-state index < -0.39 is 0 Å². The highest BCUT2D eigenvalue weighted by atomic mass is 16.0. The molecular formula is C7H15NO. The predicted octanol–water partition coefficient (Wildman–Crippen LogP) is 0.466. The van der Waals surface area contributed by atoms with E-state index in [0.29, 0.717) is 0 Å². The summed E-state index contributed by atoms with van der Waals surface area (Å²) in [5.74, 6) is 0. The number of likely N-dealkylation sites (N-methyl/N-ethyl adjacent to an activating group) is 1. The molecule has 2 nitrogen and oxygen atoms in total. The Bertz CT molecular complexity index is 71.0. The molecule has 0 unspecified atom stereocenters. The molecule has 0 aromatic carbocycles. The van der Waals surface area contributed by atoms with Gasteiger partial charge >= 0.3 is 0 Å². The van der Waals surface area contributed by atoms with E-state index >= 15 is 0 Å². The van der Waals surface area contributed by atoms with Crippen molar-refractivity contribution in [3.05, 3.63) is 25.3 Å². The smallest absolute Gasteiger partial charge is 0.0160 e. The average molecular weight is 129 g/mol. The first-order valence-corrected chi connectivity index (χ1v) is 2.71. The Labute approximate surface area is 56.8 Å². The Balaban J connectivity index is 0. The van der Waals surface area contributed by atoms with Gasteiger partial charge in [-0.25, -0.2) is 0 Å². The Morgan fingerprint density at radius 1 is 1.22 bits per heavy atom. The van der Waals surface area contributed by atoms with Crippen LogP contribution in [0.15, 0.2) is 25.3 Å². The third-order valence-corrected chi connectivity index (χ3v) is 0.882. The van der Waals surface area contributed by atoms with Gasteiger partial charge in [0.2, 0.25) is 0 Å². The third kappa shape index (κ3) is 7.40. The van der Waals surface area contributed by atoms with E-state index in [1.165, 1.54) is 0 Å². The van der Waals surface area contributed by atoms with Gasteiger partial charge in [0.25, 0.3) is 0 Å². The van der Waals surface area contributed by atoms with E-state index in [9.17, 15) is 0 Å². The molecule has 0 aromatic rings. The Morgan fingerprint density at radius 2 is 1.56 bits per heavy atom. The summed E-state index contributed by atoms with van der Waals surface area (Å²) >= 11 is 0. The highest BCUT2D eigenvalue weighted by molar-refractivity contribution is 4.76. The lowest BCUT2D eigenvalue weighted by atomic mass is 10.5. The highest BCUT2D eigenvalue weighted by Crippen LogP contribution is 1.80. The molecule has 0 aliphatic rings. The minimum atomic E-state index is 0. The zero-order valence-corrected chi connectivity index (χ0v) is 5.93. The summed E-state index contributed by atoms with van der Waals surface area (Å²) in [6.45, 7) is 9.09. The van der Waals surface area contributed by atoms with Crippen LogP contribution in [0.3, 0.4) is 0 Å². The summed E-state index contributed by atoms with van der Waals surface area (Å²) in [7, 11) is 2.03. The van der Waals surface area contributed by atoms with E-state index in [-0.39, 0.29) is 5.48 Å². The van der Waals surface area contributed by atoms with Crippen molar-refractivity contribution >= 4 is 0 Å². The molecule has 0 saturated heterocycles. The maximum absolute atomic E-state index is 3.61. The van der Waals surface area contributed by atoms with Crippen LogP contribution >= 0.6 is 0 Å². The lowest BCUT2D eigenvalue weighted by Crippen LogP contribution is -2.17. The highest BCUT2D eigenvalue weighted by Gasteiger charge is 1.86. The second-order valence-corrected chi connectivity index (χ2v) is 1.80. The lowest BCUT2D eigenvalue weighted by molar-refractivity contribution is 0.413. The Morgan fingerprint density at radius 3 is 1.78 bits per heavy atom. The lowest BCUT2D eigenvalue weighted by Gasteiger charge is -2.09. The molecule has 0 aliphatic carbocycles. The molecule has 0 fully saturated rings. The minimum absolute atomic E-state index is 0. The van der Waals surface area contributed by atoms with Crippen molar-refractivity contribution in [1.82, 2.24) is 4.90 Å². The SMILES string of the molecule is C=CCN(C)CC=C.O.